The van der Waals surface area contributed by atoms with Gasteiger partial charge in [-0.05, 0) is 13.0 Å². The van der Waals surface area contributed by atoms with Gasteiger partial charge in [0.2, 0.25) is 0 Å². The van der Waals surface area contributed by atoms with Crippen LogP contribution in [-0.2, 0) is 6.54 Å². The summed E-state index contributed by atoms with van der Waals surface area (Å²) in [6.07, 6.45) is 5.33. The van der Waals surface area contributed by atoms with Crippen LogP contribution in [0, 0.1) is 0 Å². The maximum absolute atomic E-state index is 4.68. The molecule has 118 valence electrons. The molecule has 5 heteroatoms. The third-order valence-electron chi connectivity index (χ3n) is 3.75. The van der Waals surface area contributed by atoms with Crippen LogP contribution >= 0.6 is 11.3 Å². The van der Waals surface area contributed by atoms with Gasteiger partial charge in [-0.3, -0.25) is 0 Å². The first-order chi connectivity index (χ1) is 11.7. The van der Waals surface area contributed by atoms with Crippen molar-refractivity contribution in [3.8, 4) is 21.8 Å². The molecule has 1 aromatic carbocycles. The van der Waals surface area contributed by atoms with Gasteiger partial charge >= 0.3 is 0 Å². The Hall–Kier alpha value is -2.79. The van der Waals surface area contributed by atoms with Gasteiger partial charge in [-0.2, -0.15) is 0 Å². The lowest BCUT2D eigenvalue weighted by molar-refractivity contribution is 0.793. The Morgan fingerprint density at radius 1 is 1.21 bits per heavy atom. The van der Waals surface area contributed by atoms with Gasteiger partial charge in [-0.1, -0.05) is 42.5 Å². The molecule has 4 nitrogen and oxygen atoms in total. The number of nitrogens with zero attached hydrogens (tertiary/aromatic N) is 4. The molecule has 0 aliphatic rings. The highest BCUT2D eigenvalue weighted by atomic mass is 32.1. The van der Waals surface area contributed by atoms with Crippen LogP contribution in [-0.4, -0.2) is 19.5 Å². The molecule has 0 aliphatic heterocycles. The first-order valence-electron chi connectivity index (χ1n) is 7.67. The summed E-state index contributed by atoms with van der Waals surface area (Å²) in [7, 11) is 0. The van der Waals surface area contributed by atoms with Crippen LogP contribution in [0.3, 0.4) is 0 Å². The quantitative estimate of drug-likeness (QED) is 0.504. The van der Waals surface area contributed by atoms with Crippen molar-refractivity contribution < 1.29 is 0 Å². The van der Waals surface area contributed by atoms with Crippen molar-refractivity contribution in [2.45, 2.75) is 13.5 Å². The predicted octanol–water partition coefficient (Wildman–Crippen LogP) is 4.80. The van der Waals surface area contributed by atoms with E-state index in [9.17, 15) is 0 Å². The Kier molecular flexibility index (Phi) is 3.70. The maximum Gasteiger partial charge on any atom is 0.127 e. The van der Waals surface area contributed by atoms with Crippen molar-refractivity contribution in [2.24, 2.45) is 0 Å². The van der Waals surface area contributed by atoms with E-state index in [2.05, 4.69) is 44.3 Å². The van der Waals surface area contributed by atoms with Crippen LogP contribution in [0.5, 0.6) is 0 Å². The molecular weight excluding hydrogens is 316 g/mol. The van der Waals surface area contributed by atoms with Crippen LogP contribution in [0.15, 0.2) is 67.4 Å². The number of thiophene rings is 1. The number of fused-ring (bicyclic) bond motifs is 1. The molecule has 0 amide bonds. The van der Waals surface area contributed by atoms with Gasteiger partial charge in [0.05, 0.1) is 22.6 Å². The standard InChI is InChI=1S/C19H16N4S/c1-13(2)10-23-12-22-17(14-6-4-3-5-7-14)18(23)16-8-15-9-20-11-21-19(15)24-16/h3-9,11-12H,1,10H2,2H3. The molecule has 0 unspecified atom stereocenters. The number of aromatic nitrogens is 4. The van der Waals surface area contributed by atoms with Gasteiger partial charge in [0.1, 0.15) is 11.2 Å². The molecule has 0 saturated carbocycles. The summed E-state index contributed by atoms with van der Waals surface area (Å²) in [5.41, 5.74) is 4.29. The lowest BCUT2D eigenvalue weighted by atomic mass is 10.1. The van der Waals surface area contributed by atoms with Crippen molar-refractivity contribution in [3.05, 3.63) is 67.4 Å². The number of rotatable bonds is 4. The highest BCUT2D eigenvalue weighted by molar-refractivity contribution is 7.21. The van der Waals surface area contributed by atoms with Gasteiger partial charge in [0.15, 0.2) is 0 Å². The third-order valence-corrected chi connectivity index (χ3v) is 4.82. The number of allylic oxidation sites excluding steroid dienone is 1. The molecule has 3 heterocycles. The van der Waals surface area contributed by atoms with Crippen LogP contribution < -0.4 is 0 Å². The Morgan fingerprint density at radius 3 is 2.79 bits per heavy atom. The summed E-state index contributed by atoms with van der Waals surface area (Å²) in [4.78, 5) is 15.3. The third kappa shape index (κ3) is 2.63. The summed E-state index contributed by atoms with van der Waals surface area (Å²) < 4.78 is 2.16. The Morgan fingerprint density at radius 2 is 2.04 bits per heavy atom. The molecule has 0 spiro atoms. The summed E-state index contributed by atoms with van der Waals surface area (Å²) in [5.74, 6) is 0. The summed E-state index contributed by atoms with van der Waals surface area (Å²) in [6, 6.07) is 12.4. The molecule has 4 rings (SSSR count). The van der Waals surface area contributed by atoms with Gasteiger partial charge in [-0.25, -0.2) is 15.0 Å². The summed E-state index contributed by atoms with van der Waals surface area (Å²) >= 11 is 1.66. The zero-order chi connectivity index (χ0) is 16.5. The highest BCUT2D eigenvalue weighted by Gasteiger charge is 2.17. The average molecular weight is 332 g/mol. The van der Waals surface area contributed by atoms with E-state index in [4.69, 9.17) is 0 Å². The minimum Gasteiger partial charge on any atom is -0.325 e. The molecule has 0 bridgehead atoms. The topological polar surface area (TPSA) is 43.6 Å². The number of benzene rings is 1. The zero-order valence-electron chi connectivity index (χ0n) is 13.3. The highest BCUT2D eigenvalue weighted by Crippen LogP contribution is 2.37. The monoisotopic (exact) mass is 332 g/mol. The number of hydrogen-bond acceptors (Lipinski definition) is 4. The van der Waals surface area contributed by atoms with Crippen molar-refractivity contribution in [2.75, 3.05) is 0 Å². The van der Waals surface area contributed by atoms with Gasteiger partial charge in [0, 0.05) is 23.7 Å². The smallest absolute Gasteiger partial charge is 0.127 e. The van der Waals surface area contributed by atoms with Gasteiger partial charge in [-0.15, -0.1) is 11.3 Å². The minimum atomic E-state index is 0.745. The van der Waals surface area contributed by atoms with Crippen molar-refractivity contribution in [1.29, 1.82) is 0 Å². The molecule has 24 heavy (non-hydrogen) atoms. The SMILES string of the molecule is C=C(C)Cn1cnc(-c2ccccc2)c1-c1cc2cncnc2s1. The Bertz CT molecular complexity index is 981. The van der Waals surface area contributed by atoms with Gasteiger partial charge in [0.25, 0.3) is 0 Å². The molecular formula is C19H16N4S. The summed E-state index contributed by atoms with van der Waals surface area (Å²) in [5, 5.41) is 1.06. The largest absolute Gasteiger partial charge is 0.325 e. The van der Waals surface area contributed by atoms with Crippen LogP contribution in [0.25, 0.3) is 32.0 Å². The van der Waals surface area contributed by atoms with E-state index in [1.165, 1.54) is 0 Å². The lowest BCUT2D eigenvalue weighted by Gasteiger charge is -2.08. The molecule has 4 aromatic rings. The fraction of sp³-hybridized carbons (Fsp3) is 0.105. The van der Waals surface area contributed by atoms with Crippen LogP contribution in [0.2, 0.25) is 0 Å². The maximum atomic E-state index is 4.68. The van der Waals surface area contributed by atoms with E-state index in [-0.39, 0.29) is 0 Å². The molecule has 0 fully saturated rings. The van der Waals surface area contributed by atoms with Crippen molar-refractivity contribution in [1.82, 2.24) is 19.5 Å². The van der Waals surface area contributed by atoms with E-state index in [0.717, 1.165) is 44.2 Å². The molecule has 0 saturated heterocycles. The first-order valence-corrected chi connectivity index (χ1v) is 8.49. The normalized spacial score (nSPS) is 11.0. The second-order valence-corrected chi connectivity index (χ2v) is 6.82. The fourth-order valence-corrected chi connectivity index (χ4v) is 3.80. The molecule has 0 N–H and O–H groups in total. The van der Waals surface area contributed by atoms with E-state index in [0.29, 0.717) is 0 Å². The van der Waals surface area contributed by atoms with Gasteiger partial charge < -0.3 is 4.57 Å². The second-order valence-electron chi connectivity index (χ2n) is 5.79. The summed E-state index contributed by atoms with van der Waals surface area (Å²) in [6.45, 7) is 6.82. The fourth-order valence-electron chi connectivity index (χ4n) is 2.76. The van der Waals surface area contributed by atoms with E-state index in [1.807, 2.05) is 37.6 Å². The molecule has 0 atom stereocenters. The van der Waals surface area contributed by atoms with E-state index >= 15 is 0 Å². The van der Waals surface area contributed by atoms with Crippen molar-refractivity contribution >= 4 is 21.6 Å². The molecule has 3 aromatic heterocycles. The van der Waals surface area contributed by atoms with Crippen LogP contribution in [0.4, 0.5) is 0 Å². The predicted molar refractivity (Wildman–Crippen MR) is 98.9 cm³/mol. The molecule has 0 radical (unpaired) electrons. The Balaban J connectivity index is 1.93. The van der Waals surface area contributed by atoms with E-state index < -0.39 is 0 Å². The average Bonchev–Trinajstić information content (AvgIpc) is 3.18. The molecule has 0 aliphatic carbocycles. The Labute approximate surface area is 144 Å². The van der Waals surface area contributed by atoms with Crippen molar-refractivity contribution in [3.63, 3.8) is 0 Å². The first kappa shape index (κ1) is 14.8. The lowest BCUT2D eigenvalue weighted by Crippen LogP contribution is -1.99. The number of imidazole rings is 1. The zero-order valence-corrected chi connectivity index (χ0v) is 14.1. The van der Waals surface area contributed by atoms with Crippen LogP contribution in [0.1, 0.15) is 6.92 Å². The number of hydrogen-bond donors (Lipinski definition) is 0. The second kappa shape index (κ2) is 6.02. The van der Waals surface area contributed by atoms with E-state index in [1.54, 1.807) is 17.7 Å². The minimum absolute atomic E-state index is 0.745.